The van der Waals surface area contributed by atoms with Gasteiger partial charge >= 0.3 is 0 Å². The molecule has 1 atom stereocenters. The first kappa shape index (κ1) is 16.8. The Morgan fingerprint density at radius 3 is 2.96 bits per heavy atom. The second-order valence-electron chi connectivity index (χ2n) is 6.59. The molecule has 1 fully saturated rings. The standard InChI is InChI=1S/C19H14FN5O2S/c20-11-4-3-6-13-16(11)17(24-23-13)25-9-10(8-15(25)26)18(27)22-19-21-12-5-1-2-7-14(12)28-19/h1-7,10H,8-9H2,(H,23,24)(H,21,22,27). The van der Waals surface area contributed by atoms with E-state index in [-0.39, 0.29) is 36.0 Å². The molecule has 2 N–H and O–H groups in total. The van der Waals surface area contributed by atoms with E-state index in [0.29, 0.717) is 10.6 Å². The maximum atomic E-state index is 14.2. The molecule has 4 aromatic rings. The van der Waals surface area contributed by atoms with Gasteiger partial charge in [0.05, 0.1) is 27.0 Å². The first-order chi connectivity index (χ1) is 13.6. The monoisotopic (exact) mass is 395 g/mol. The summed E-state index contributed by atoms with van der Waals surface area (Å²) in [7, 11) is 0. The van der Waals surface area contributed by atoms with Gasteiger partial charge in [-0.25, -0.2) is 9.37 Å². The first-order valence-electron chi connectivity index (χ1n) is 8.69. The zero-order chi connectivity index (χ0) is 19.3. The molecule has 0 aliphatic carbocycles. The number of amides is 2. The number of hydrogen-bond acceptors (Lipinski definition) is 5. The zero-order valence-electron chi connectivity index (χ0n) is 14.5. The van der Waals surface area contributed by atoms with Crippen molar-refractivity contribution in [3.05, 3.63) is 48.3 Å². The van der Waals surface area contributed by atoms with Crippen LogP contribution in [0.4, 0.5) is 15.3 Å². The van der Waals surface area contributed by atoms with E-state index in [1.165, 1.54) is 22.3 Å². The third-order valence-electron chi connectivity index (χ3n) is 4.79. The molecule has 0 radical (unpaired) electrons. The van der Waals surface area contributed by atoms with Crippen LogP contribution in [0.15, 0.2) is 42.5 Å². The van der Waals surface area contributed by atoms with Crippen LogP contribution in [0.1, 0.15) is 6.42 Å². The van der Waals surface area contributed by atoms with Gasteiger partial charge in [0, 0.05) is 13.0 Å². The molecule has 1 aliphatic rings. The summed E-state index contributed by atoms with van der Waals surface area (Å²) in [5, 5.41) is 10.4. The van der Waals surface area contributed by atoms with Crippen LogP contribution in [0.25, 0.3) is 21.1 Å². The fourth-order valence-electron chi connectivity index (χ4n) is 3.43. The van der Waals surface area contributed by atoms with Crippen molar-refractivity contribution in [1.29, 1.82) is 0 Å². The molecule has 3 heterocycles. The molecule has 1 unspecified atom stereocenters. The summed E-state index contributed by atoms with van der Waals surface area (Å²) in [6.07, 6.45) is 0.0412. The predicted octanol–water partition coefficient (Wildman–Crippen LogP) is 3.30. The topological polar surface area (TPSA) is 91.0 Å². The van der Waals surface area contributed by atoms with E-state index in [1.54, 1.807) is 12.1 Å². The van der Waals surface area contributed by atoms with Crippen molar-refractivity contribution in [2.45, 2.75) is 6.42 Å². The number of nitrogens with one attached hydrogen (secondary N) is 2. The molecule has 0 saturated carbocycles. The molecule has 7 nitrogen and oxygen atoms in total. The number of thiazole rings is 1. The third-order valence-corrected chi connectivity index (χ3v) is 5.75. The molecule has 140 valence electrons. The van der Waals surface area contributed by atoms with E-state index >= 15 is 0 Å². The quantitative estimate of drug-likeness (QED) is 0.557. The number of H-pyrrole nitrogens is 1. The minimum absolute atomic E-state index is 0.0412. The maximum absolute atomic E-state index is 14.2. The summed E-state index contributed by atoms with van der Waals surface area (Å²) >= 11 is 1.38. The first-order valence-corrected chi connectivity index (χ1v) is 9.51. The molecule has 0 bridgehead atoms. The van der Waals surface area contributed by atoms with Crippen molar-refractivity contribution in [2.24, 2.45) is 5.92 Å². The van der Waals surface area contributed by atoms with Crippen LogP contribution in [0.3, 0.4) is 0 Å². The van der Waals surface area contributed by atoms with Crippen LogP contribution in [0, 0.1) is 11.7 Å². The van der Waals surface area contributed by atoms with Crippen molar-refractivity contribution in [2.75, 3.05) is 16.8 Å². The number of rotatable bonds is 3. The highest BCUT2D eigenvalue weighted by atomic mass is 32.1. The van der Waals surface area contributed by atoms with Crippen molar-refractivity contribution in [3.63, 3.8) is 0 Å². The van der Waals surface area contributed by atoms with Gasteiger partial charge in [0.15, 0.2) is 10.9 Å². The Kier molecular flexibility index (Phi) is 3.83. The average molecular weight is 395 g/mol. The van der Waals surface area contributed by atoms with Gasteiger partial charge < -0.3 is 5.32 Å². The molecule has 2 aromatic carbocycles. The molecular weight excluding hydrogens is 381 g/mol. The van der Waals surface area contributed by atoms with E-state index in [1.807, 2.05) is 24.3 Å². The predicted molar refractivity (Wildman–Crippen MR) is 105 cm³/mol. The van der Waals surface area contributed by atoms with E-state index in [0.717, 1.165) is 10.2 Å². The lowest BCUT2D eigenvalue weighted by molar-refractivity contribution is -0.122. The molecule has 9 heteroatoms. The summed E-state index contributed by atoms with van der Waals surface area (Å²) in [4.78, 5) is 30.9. The number of hydrogen-bond donors (Lipinski definition) is 2. The Morgan fingerprint density at radius 2 is 2.11 bits per heavy atom. The van der Waals surface area contributed by atoms with Crippen molar-refractivity contribution >= 4 is 55.2 Å². The number of aromatic amines is 1. The average Bonchev–Trinajstić information content (AvgIpc) is 3.37. The summed E-state index contributed by atoms with van der Waals surface area (Å²) in [5.41, 5.74) is 1.32. The highest BCUT2D eigenvalue weighted by Crippen LogP contribution is 2.32. The molecular formula is C19H14FN5O2S. The summed E-state index contributed by atoms with van der Waals surface area (Å²) < 4.78 is 15.2. The molecule has 5 rings (SSSR count). The Hall–Kier alpha value is -3.33. The second kappa shape index (κ2) is 6.38. The van der Waals surface area contributed by atoms with Crippen molar-refractivity contribution in [1.82, 2.24) is 15.2 Å². The highest BCUT2D eigenvalue weighted by Gasteiger charge is 2.37. The van der Waals surface area contributed by atoms with Crippen LogP contribution < -0.4 is 10.2 Å². The van der Waals surface area contributed by atoms with E-state index < -0.39 is 11.7 Å². The third kappa shape index (κ3) is 2.71. The Morgan fingerprint density at radius 1 is 1.25 bits per heavy atom. The smallest absolute Gasteiger partial charge is 0.231 e. The number of carbonyl (C=O) groups is 2. The largest absolute Gasteiger partial charge is 0.302 e. The van der Waals surface area contributed by atoms with Gasteiger partial charge in [-0.2, -0.15) is 5.10 Å². The lowest BCUT2D eigenvalue weighted by atomic mass is 10.1. The summed E-state index contributed by atoms with van der Waals surface area (Å²) in [5.74, 6) is -1.35. The number of aromatic nitrogens is 3. The van der Waals surface area contributed by atoms with E-state index in [9.17, 15) is 14.0 Å². The SMILES string of the molecule is O=C(Nc1nc2ccccc2s1)C1CC(=O)N(c2n[nH]c3cccc(F)c23)C1. The van der Waals surface area contributed by atoms with Gasteiger partial charge in [-0.3, -0.25) is 19.6 Å². The number of nitrogens with zero attached hydrogens (tertiary/aromatic N) is 3. The molecule has 2 aromatic heterocycles. The number of fused-ring (bicyclic) bond motifs is 2. The van der Waals surface area contributed by atoms with E-state index in [4.69, 9.17) is 0 Å². The fraction of sp³-hybridized carbons (Fsp3) is 0.158. The lowest BCUT2D eigenvalue weighted by Gasteiger charge is -2.14. The van der Waals surface area contributed by atoms with Crippen LogP contribution in [-0.4, -0.2) is 33.5 Å². The Labute approximate surface area is 162 Å². The molecule has 0 spiro atoms. The van der Waals surface area contributed by atoms with Crippen LogP contribution >= 0.6 is 11.3 Å². The van der Waals surface area contributed by atoms with Crippen LogP contribution in [0.2, 0.25) is 0 Å². The molecule has 1 saturated heterocycles. The van der Waals surface area contributed by atoms with Gasteiger partial charge in [0.1, 0.15) is 5.82 Å². The number of halogens is 1. The zero-order valence-corrected chi connectivity index (χ0v) is 15.3. The Bertz CT molecular complexity index is 1200. The normalized spacial score (nSPS) is 17.0. The van der Waals surface area contributed by atoms with Gasteiger partial charge in [0.25, 0.3) is 0 Å². The van der Waals surface area contributed by atoms with Gasteiger partial charge in [-0.05, 0) is 24.3 Å². The summed E-state index contributed by atoms with van der Waals surface area (Å²) in [6, 6.07) is 12.2. The maximum Gasteiger partial charge on any atom is 0.231 e. The minimum atomic E-state index is -0.557. The van der Waals surface area contributed by atoms with Crippen molar-refractivity contribution in [3.8, 4) is 0 Å². The number of anilines is 2. The van der Waals surface area contributed by atoms with Gasteiger partial charge in [-0.1, -0.05) is 29.5 Å². The van der Waals surface area contributed by atoms with Crippen molar-refractivity contribution < 1.29 is 14.0 Å². The minimum Gasteiger partial charge on any atom is -0.302 e. The molecule has 2 amide bonds. The lowest BCUT2D eigenvalue weighted by Crippen LogP contribution is -2.28. The number of carbonyl (C=O) groups excluding carboxylic acids is 2. The van der Waals surface area contributed by atoms with Gasteiger partial charge in [0.2, 0.25) is 11.8 Å². The van der Waals surface area contributed by atoms with E-state index in [2.05, 4.69) is 20.5 Å². The summed E-state index contributed by atoms with van der Waals surface area (Å²) in [6.45, 7) is 0.143. The molecule has 28 heavy (non-hydrogen) atoms. The highest BCUT2D eigenvalue weighted by molar-refractivity contribution is 7.22. The van der Waals surface area contributed by atoms with Crippen LogP contribution in [0.5, 0.6) is 0 Å². The fourth-order valence-corrected chi connectivity index (χ4v) is 4.30. The molecule has 1 aliphatic heterocycles. The number of para-hydroxylation sites is 1. The Balaban J connectivity index is 1.37. The number of benzene rings is 2. The second-order valence-corrected chi connectivity index (χ2v) is 7.62. The van der Waals surface area contributed by atoms with Crippen LogP contribution in [-0.2, 0) is 9.59 Å². The van der Waals surface area contributed by atoms with Gasteiger partial charge in [-0.15, -0.1) is 0 Å².